The van der Waals surface area contributed by atoms with E-state index in [1.54, 1.807) is 6.26 Å². The van der Waals surface area contributed by atoms with Crippen molar-refractivity contribution in [3.8, 4) is 0 Å². The molecule has 1 saturated heterocycles. The molecule has 4 nitrogen and oxygen atoms in total. The average molecular weight is 211 g/mol. The SMILES string of the molecule is NCc1occc1COC1CCOCC1. The number of furan rings is 1. The standard InChI is InChI=1S/C11H17NO3/c12-7-11-9(1-6-14-11)8-15-10-2-4-13-5-3-10/h1,6,10H,2-5,7-8,12H2. The van der Waals surface area contributed by atoms with Crippen LogP contribution in [0, 0.1) is 0 Å². The predicted molar refractivity (Wildman–Crippen MR) is 55.2 cm³/mol. The maximum Gasteiger partial charge on any atom is 0.122 e. The maximum absolute atomic E-state index is 5.77. The van der Waals surface area contributed by atoms with Gasteiger partial charge in [0.1, 0.15) is 5.76 Å². The molecule has 0 amide bonds. The van der Waals surface area contributed by atoms with E-state index in [-0.39, 0.29) is 0 Å². The Balaban J connectivity index is 1.81. The van der Waals surface area contributed by atoms with E-state index in [9.17, 15) is 0 Å². The van der Waals surface area contributed by atoms with E-state index >= 15 is 0 Å². The highest BCUT2D eigenvalue weighted by atomic mass is 16.5. The second-order valence-corrected chi connectivity index (χ2v) is 3.70. The van der Waals surface area contributed by atoms with Crippen LogP contribution in [-0.2, 0) is 22.6 Å². The van der Waals surface area contributed by atoms with Crippen molar-refractivity contribution in [2.24, 2.45) is 5.73 Å². The first kappa shape index (κ1) is 10.7. The van der Waals surface area contributed by atoms with E-state index in [0.717, 1.165) is 37.4 Å². The molecule has 0 radical (unpaired) electrons. The normalized spacial score (nSPS) is 18.2. The van der Waals surface area contributed by atoms with Gasteiger partial charge in [0.05, 0.1) is 25.5 Å². The fourth-order valence-electron chi connectivity index (χ4n) is 1.72. The molecule has 1 aromatic heterocycles. The van der Waals surface area contributed by atoms with Crippen LogP contribution in [0.1, 0.15) is 24.2 Å². The summed E-state index contributed by atoms with van der Waals surface area (Å²) >= 11 is 0. The first-order valence-corrected chi connectivity index (χ1v) is 5.35. The Morgan fingerprint density at radius 3 is 2.93 bits per heavy atom. The molecule has 0 bridgehead atoms. The highest BCUT2D eigenvalue weighted by Crippen LogP contribution is 2.16. The van der Waals surface area contributed by atoms with Crippen LogP contribution in [0.4, 0.5) is 0 Å². The zero-order chi connectivity index (χ0) is 10.5. The summed E-state index contributed by atoms with van der Waals surface area (Å²) < 4.78 is 16.3. The van der Waals surface area contributed by atoms with E-state index in [1.165, 1.54) is 0 Å². The third kappa shape index (κ3) is 2.81. The van der Waals surface area contributed by atoms with Crippen molar-refractivity contribution in [3.63, 3.8) is 0 Å². The Morgan fingerprint density at radius 1 is 1.40 bits per heavy atom. The van der Waals surface area contributed by atoms with Crippen molar-refractivity contribution < 1.29 is 13.9 Å². The third-order valence-electron chi connectivity index (χ3n) is 2.67. The summed E-state index contributed by atoms with van der Waals surface area (Å²) in [6, 6.07) is 1.92. The summed E-state index contributed by atoms with van der Waals surface area (Å²) in [6.45, 7) is 2.63. The minimum absolute atomic E-state index is 0.319. The van der Waals surface area contributed by atoms with Crippen molar-refractivity contribution in [2.45, 2.75) is 32.1 Å². The fraction of sp³-hybridized carbons (Fsp3) is 0.636. The monoisotopic (exact) mass is 211 g/mol. The molecule has 2 heterocycles. The van der Waals surface area contributed by atoms with Crippen LogP contribution in [-0.4, -0.2) is 19.3 Å². The topological polar surface area (TPSA) is 57.6 Å². The molecule has 4 heteroatoms. The molecule has 0 saturated carbocycles. The van der Waals surface area contributed by atoms with Crippen LogP contribution in [0.15, 0.2) is 16.7 Å². The number of rotatable bonds is 4. The first-order valence-electron chi connectivity index (χ1n) is 5.35. The molecule has 2 rings (SSSR count). The summed E-state index contributed by atoms with van der Waals surface area (Å²) in [6.07, 6.45) is 3.94. The quantitative estimate of drug-likeness (QED) is 0.818. The van der Waals surface area contributed by atoms with Crippen molar-refractivity contribution in [3.05, 3.63) is 23.7 Å². The molecule has 1 aliphatic rings. The van der Waals surface area contributed by atoms with E-state index in [2.05, 4.69) is 0 Å². The van der Waals surface area contributed by atoms with Gasteiger partial charge in [0.2, 0.25) is 0 Å². The molecule has 2 N–H and O–H groups in total. The van der Waals surface area contributed by atoms with Gasteiger partial charge in [-0.15, -0.1) is 0 Å². The molecule has 0 aromatic carbocycles. The molecule has 1 fully saturated rings. The highest BCUT2D eigenvalue weighted by Gasteiger charge is 2.15. The molecule has 0 atom stereocenters. The van der Waals surface area contributed by atoms with Gasteiger partial charge < -0.3 is 19.6 Å². The van der Waals surface area contributed by atoms with Gasteiger partial charge >= 0.3 is 0 Å². The lowest BCUT2D eigenvalue weighted by Gasteiger charge is -2.22. The Hall–Kier alpha value is -0.840. The summed E-state index contributed by atoms with van der Waals surface area (Å²) in [5, 5.41) is 0. The molecule has 0 aliphatic carbocycles. The van der Waals surface area contributed by atoms with Gasteiger partial charge in [-0.05, 0) is 18.9 Å². The molecule has 1 aliphatic heterocycles. The van der Waals surface area contributed by atoms with Gasteiger partial charge in [0.15, 0.2) is 0 Å². The number of nitrogens with two attached hydrogens (primary N) is 1. The van der Waals surface area contributed by atoms with Crippen LogP contribution in [0.5, 0.6) is 0 Å². The van der Waals surface area contributed by atoms with Crippen LogP contribution in [0.2, 0.25) is 0 Å². The van der Waals surface area contributed by atoms with Gasteiger partial charge in [-0.25, -0.2) is 0 Å². The van der Waals surface area contributed by atoms with E-state index in [4.69, 9.17) is 19.6 Å². The molecular weight excluding hydrogens is 194 g/mol. The zero-order valence-electron chi connectivity index (χ0n) is 8.78. The maximum atomic E-state index is 5.77. The smallest absolute Gasteiger partial charge is 0.122 e. The average Bonchev–Trinajstić information content (AvgIpc) is 2.75. The molecule has 0 spiro atoms. The van der Waals surface area contributed by atoms with Gasteiger partial charge in [-0.2, -0.15) is 0 Å². The number of hydrogen-bond donors (Lipinski definition) is 1. The Labute approximate surface area is 89.3 Å². The predicted octanol–water partition coefficient (Wildman–Crippen LogP) is 1.43. The lowest BCUT2D eigenvalue weighted by atomic mass is 10.1. The van der Waals surface area contributed by atoms with E-state index in [0.29, 0.717) is 19.3 Å². The van der Waals surface area contributed by atoms with Crippen molar-refractivity contribution in [2.75, 3.05) is 13.2 Å². The summed E-state index contributed by atoms with van der Waals surface area (Å²) in [7, 11) is 0. The third-order valence-corrected chi connectivity index (χ3v) is 2.67. The fourth-order valence-corrected chi connectivity index (χ4v) is 1.72. The van der Waals surface area contributed by atoms with Crippen LogP contribution >= 0.6 is 0 Å². The van der Waals surface area contributed by atoms with Crippen molar-refractivity contribution >= 4 is 0 Å². The second kappa shape index (κ2) is 5.30. The van der Waals surface area contributed by atoms with Crippen molar-refractivity contribution in [1.82, 2.24) is 0 Å². The summed E-state index contributed by atoms with van der Waals surface area (Å²) in [4.78, 5) is 0. The van der Waals surface area contributed by atoms with E-state index < -0.39 is 0 Å². The van der Waals surface area contributed by atoms with Gasteiger partial charge in [0.25, 0.3) is 0 Å². The molecule has 84 valence electrons. The largest absolute Gasteiger partial charge is 0.468 e. The Bertz CT molecular complexity index is 292. The van der Waals surface area contributed by atoms with Crippen LogP contribution in [0.3, 0.4) is 0 Å². The molecule has 15 heavy (non-hydrogen) atoms. The second-order valence-electron chi connectivity index (χ2n) is 3.70. The molecule has 1 aromatic rings. The number of ether oxygens (including phenoxy) is 2. The van der Waals surface area contributed by atoms with Gasteiger partial charge in [-0.1, -0.05) is 0 Å². The van der Waals surface area contributed by atoms with Crippen LogP contribution in [0.25, 0.3) is 0 Å². The molecule has 0 unspecified atom stereocenters. The lowest BCUT2D eigenvalue weighted by molar-refractivity contribution is -0.0393. The van der Waals surface area contributed by atoms with Gasteiger partial charge in [0, 0.05) is 18.8 Å². The zero-order valence-corrected chi connectivity index (χ0v) is 8.78. The van der Waals surface area contributed by atoms with Gasteiger partial charge in [-0.3, -0.25) is 0 Å². The van der Waals surface area contributed by atoms with Crippen LogP contribution < -0.4 is 5.73 Å². The number of hydrogen-bond acceptors (Lipinski definition) is 4. The highest BCUT2D eigenvalue weighted by molar-refractivity contribution is 5.15. The first-order chi connectivity index (χ1) is 7.40. The summed E-state index contributed by atoms with van der Waals surface area (Å²) in [5.41, 5.74) is 6.59. The minimum atomic E-state index is 0.319. The lowest BCUT2D eigenvalue weighted by Crippen LogP contribution is -2.23. The Morgan fingerprint density at radius 2 is 2.20 bits per heavy atom. The minimum Gasteiger partial charge on any atom is -0.468 e. The van der Waals surface area contributed by atoms with E-state index in [1.807, 2.05) is 6.07 Å². The Kier molecular flexibility index (Phi) is 3.77. The summed E-state index contributed by atoms with van der Waals surface area (Å²) in [5.74, 6) is 0.821. The van der Waals surface area contributed by atoms with Crippen molar-refractivity contribution in [1.29, 1.82) is 0 Å². The molecular formula is C11H17NO3.